The first-order valence-electron chi connectivity index (χ1n) is 5.89. The molecule has 0 spiro atoms. The van der Waals surface area contributed by atoms with Crippen LogP contribution in [0, 0.1) is 12.8 Å². The molecular formula is C15H16O2. The number of Topliss-reactive ketones (excluding diaryl/α,β-unsaturated/α-hetero) is 1. The first-order chi connectivity index (χ1) is 7.99. The van der Waals surface area contributed by atoms with Gasteiger partial charge in [0.05, 0.1) is 0 Å². The van der Waals surface area contributed by atoms with Gasteiger partial charge in [0.15, 0.2) is 11.6 Å². The monoisotopic (exact) mass is 228 g/mol. The molecular weight excluding hydrogens is 212 g/mol. The fourth-order valence-corrected chi connectivity index (χ4v) is 2.13. The van der Waals surface area contributed by atoms with Gasteiger partial charge in [0.2, 0.25) is 0 Å². The number of benzene rings is 1. The van der Waals surface area contributed by atoms with Crippen molar-refractivity contribution in [1.29, 1.82) is 0 Å². The average Bonchev–Trinajstić information content (AvgIpc) is 2.25. The SMILES string of the molecule is Cc1ccc2c(c1)C(=O)C=C(CC(C)C)C2=O. The first-order valence-corrected chi connectivity index (χ1v) is 5.89. The van der Waals surface area contributed by atoms with Crippen molar-refractivity contribution in [2.45, 2.75) is 27.2 Å². The van der Waals surface area contributed by atoms with E-state index in [1.165, 1.54) is 6.08 Å². The van der Waals surface area contributed by atoms with Crippen LogP contribution in [0.5, 0.6) is 0 Å². The lowest BCUT2D eigenvalue weighted by molar-refractivity contribution is 0.0980. The second-order valence-corrected chi connectivity index (χ2v) is 5.01. The van der Waals surface area contributed by atoms with E-state index in [0.29, 0.717) is 29.0 Å². The van der Waals surface area contributed by atoms with Crippen LogP contribution in [0.15, 0.2) is 29.8 Å². The first kappa shape index (κ1) is 11.8. The van der Waals surface area contributed by atoms with Gasteiger partial charge in [0.1, 0.15) is 0 Å². The van der Waals surface area contributed by atoms with Gasteiger partial charge in [0.25, 0.3) is 0 Å². The summed E-state index contributed by atoms with van der Waals surface area (Å²) in [7, 11) is 0. The number of hydrogen-bond donors (Lipinski definition) is 0. The summed E-state index contributed by atoms with van der Waals surface area (Å²) in [5.74, 6) is 0.345. The van der Waals surface area contributed by atoms with Crippen LogP contribution < -0.4 is 0 Å². The summed E-state index contributed by atoms with van der Waals surface area (Å²) in [4.78, 5) is 24.1. The van der Waals surface area contributed by atoms with Gasteiger partial charge in [-0.15, -0.1) is 0 Å². The Morgan fingerprint density at radius 1 is 1.12 bits per heavy atom. The molecule has 88 valence electrons. The number of allylic oxidation sites excluding steroid dienone is 2. The molecule has 0 N–H and O–H groups in total. The molecule has 0 aliphatic heterocycles. The Hall–Kier alpha value is -1.70. The van der Waals surface area contributed by atoms with Crippen LogP contribution in [-0.4, -0.2) is 11.6 Å². The van der Waals surface area contributed by atoms with E-state index in [1.54, 1.807) is 12.1 Å². The van der Waals surface area contributed by atoms with Crippen molar-refractivity contribution in [3.63, 3.8) is 0 Å². The van der Waals surface area contributed by atoms with E-state index in [-0.39, 0.29) is 11.6 Å². The number of hydrogen-bond acceptors (Lipinski definition) is 2. The predicted molar refractivity (Wildman–Crippen MR) is 67.4 cm³/mol. The zero-order valence-corrected chi connectivity index (χ0v) is 10.4. The topological polar surface area (TPSA) is 34.1 Å². The summed E-state index contributed by atoms with van der Waals surface area (Å²) in [6.07, 6.45) is 2.17. The van der Waals surface area contributed by atoms with Crippen molar-refractivity contribution in [1.82, 2.24) is 0 Å². The molecule has 0 saturated heterocycles. The van der Waals surface area contributed by atoms with Gasteiger partial charge in [0, 0.05) is 16.7 Å². The number of ketones is 2. The number of fused-ring (bicyclic) bond motifs is 1. The van der Waals surface area contributed by atoms with E-state index in [4.69, 9.17) is 0 Å². The highest BCUT2D eigenvalue weighted by atomic mass is 16.1. The highest BCUT2D eigenvalue weighted by molar-refractivity contribution is 6.24. The Morgan fingerprint density at radius 3 is 2.47 bits per heavy atom. The molecule has 0 heterocycles. The van der Waals surface area contributed by atoms with Crippen molar-refractivity contribution in [2.75, 3.05) is 0 Å². The zero-order chi connectivity index (χ0) is 12.6. The number of rotatable bonds is 2. The standard InChI is InChI=1S/C15H16O2/c1-9(2)6-11-8-14(16)13-7-10(3)4-5-12(13)15(11)17/h4-5,7-9H,6H2,1-3H3. The predicted octanol–water partition coefficient (Wildman–Crippen LogP) is 3.35. The van der Waals surface area contributed by atoms with Crippen molar-refractivity contribution in [2.24, 2.45) is 5.92 Å². The van der Waals surface area contributed by atoms with Crippen LogP contribution in [-0.2, 0) is 0 Å². The Labute approximate surface area is 101 Å². The summed E-state index contributed by atoms with van der Waals surface area (Å²) in [6, 6.07) is 5.43. The molecule has 1 aliphatic carbocycles. The molecule has 0 saturated carbocycles. The van der Waals surface area contributed by atoms with Crippen molar-refractivity contribution in [3.8, 4) is 0 Å². The third kappa shape index (κ3) is 2.21. The molecule has 0 aromatic heterocycles. The van der Waals surface area contributed by atoms with E-state index in [2.05, 4.69) is 0 Å². The molecule has 2 heteroatoms. The van der Waals surface area contributed by atoms with Crippen LogP contribution in [0.4, 0.5) is 0 Å². The maximum absolute atomic E-state index is 12.2. The third-order valence-electron chi connectivity index (χ3n) is 2.91. The van der Waals surface area contributed by atoms with Gasteiger partial charge in [-0.1, -0.05) is 31.5 Å². The Kier molecular flexibility index (Phi) is 2.97. The Bertz CT molecular complexity index is 522. The van der Waals surface area contributed by atoms with Gasteiger partial charge in [-0.3, -0.25) is 9.59 Å². The number of carbonyl (C=O) groups excluding carboxylic acids is 2. The fourth-order valence-electron chi connectivity index (χ4n) is 2.13. The fraction of sp³-hybridized carbons (Fsp3) is 0.333. The number of carbonyl (C=O) groups is 2. The average molecular weight is 228 g/mol. The van der Waals surface area contributed by atoms with Crippen LogP contribution in [0.2, 0.25) is 0 Å². The minimum atomic E-state index is -0.0426. The second kappa shape index (κ2) is 4.28. The smallest absolute Gasteiger partial charge is 0.189 e. The molecule has 2 rings (SSSR count). The molecule has 1 aliphatic rings. The summed E-state index contributed by atoms with van der Waals surface area (Å²) < 4.78 is 0. The van der Waals surface area contributed by atoms with Gasteiger partial charge in [-0.25, -0.2) is 0 Å². The quantitative estimate of drug-likeness (QED) is 0.778. The van der Waals surface area contributed by atoms with Gasteiger partial charge >= 0.3 is 0 Å². The summed E-state index contributed by atoms with van der Waals surface area (Å²) >= 11 is 0. The molecule has 0 fully saturated rings. The van der Waals surface area contributed by atoms with E-state index >= 15 is 0 Å². The lowest BCUT2D eigenvalue weighted by Crippen LogP contribution is -2.18. The number of aryl methyl sites for hydroxylation is 1. The molecule has 0 amide bonds. The second-order valence-electron chi connectivity index (χ2n) is 5.01. The minimum Gasteiger partial charge on any atom is -0.289 e. The summed E-state index contributed by atoms with van der Waals surface area (Å²) in [5, 5.41) is 0. The van der Waals surface area contributed by atoms with E-state index in [9.17, 15) is 9.59 Å². The molecule has 1 aromatic rings. The minimum absolute atomic E-state index is 0.00769. The van der Waals surface area contributed by atoms with Gasteiger partial charge < -0.3 is 0 Å². The van der Waals surface area contributed by atoms with Crippen molar-refractivity contribution in [3.05, 3.63) is 46.5 Å². The Morgan fingerprint density at radius 2 is 1.82 bits per heavy atom. The summed E-state index contributed by atoms with van der Waals surface area (Å²) in [6.45, 7) is 6.01. The summed E-state index contributed by atoms with van der Waals surface area (Å²) in [5.41, 5.74) is 2.74. The molecule has 2 nitrogen and oxygen atoms in total. The maximum atomic E-state index is 12.2. The van der Waals surface area contributed by atoms with Crippen LogP contribution in [0.25, 0.3) is 0 Å². The molecule has 17 heavy (non-hydrogen) atoms. The lowest BCUT2D eigenvalue weighted by Gasteiger charge is -2.16. The van der Waals surface area contributed by atoms with E-state index < -0.39 is 0 Å². The lowest BCUT2D eigenvalue weighted by atomic mass is 9.85. The molecule has 0 bridgehead atoms. The maximum Gasteiger partial charge on any atom is 0.189 e. The van der Waals surface area contributed by atoms with Crippen LogP contribution in [0.3, 0.4) is 0 Å². The van der Waals surface area contributed by atoms with E-state index in [0.717, 1.165) is 5.56 Å². The zero-order valence-electron chi connectivity index (χ0n) is 10.4. The third-order valence-corrected chi connectivity index (χ3v) is 2.91. The van der Waals surface area contributed by atoms with Crippen LogP contribution >= 0.6 is 0 Å². The van der Waals surface area contributed by atoms with Gasteiger partial charge in [-0.2, -0.15) is 0 Å². The highest BCUT2D eigenvalue weighted by Crippen LogP contribution is 2.25. The molecule has 1 aromatic carbocycles. The largest absolute Gasteiger partial charge is 0.289 e. The molecule has 0 atom stereocenters. The van der Waals surface area contributed by atoms with Crippen molar-refractivity contribution < 1.29 is 9.59 Å². The van der Waals surface area contributed by atoms with Crippen molar-refractivity contribution >= 4 is 11.6 Å². The molecule has 0 radical (unpaired) electrons. The van der Waals surface area contributed by atoms with Crippen LogP contribution in [0.1, 0.15) is 46.5 Å². The highest BCUT2D eigenvalue weighted by Gasteiger charge is 2.25. The Balaban J connectivity index is 2.46. The molecule has 0 unspecified atom stereocenters. The normalized spacial score (nSPS) is 14.9. The van der Waals surface area contributed by atoms with E-state index in [1.807, 2.05) is 26.8 Å². The van der Waals surface area contributed by atoms with Gasteiger partial charge in [-0.05, 0) is 31.4 Å².